The van der Waals surface area contributed by atoms with E-state index in [0.29, 0.717) is 0 Å². The molecular weight excluding hydrogens is 194 g/mol. The van der Waals surface area contributed by atoms with Crippen LogP contribution < -0.4 is 5.32 Å². The maximum Gasteiger partial charge on any atom is 0.0577 e. The summed E-state index contributed by atoms with van der Waals surface area (Å²) < 4.78 is 0. The van der Waals surface area contributed by atoms with Gasteiger partial charge in [0.15, 0.2) is 0 Å². The van der Waals surface area contributed by atoms with Gasteiger partial charge in [-0.15, -0.1) is 0 Å². The molecule has 0 spiro atoms. The predicted octanol–water partition coefficient (Wildman–Crippen LogP) is 2.80. The molecule has 0 unspecified atom stereocenters. The molecule has 1 aromatic rings. The Labute approximate surface area is 99.3 Å². The zero-order valence-corrected chi connectivity index (χ0v) is 11.2. The molecule has 0 fully saturated rings. The summed E-state index contributed by atoms with van der Waals surface area (Å²) >= 11 is 0. The Kier molecular flexibility index (Phi) is 4.15. The minimum atomic E-state index is 0.741. The Bertz CT molecular complexity index is 430. The molecule has 1 rings (SSSR count). The Balaban J connectivity index is 3.36. The molecule has 1 nitrogen and oxygen atoms in total. The minimum absolute atomic E-state index is 0.741. The summed E-state index contributed by atoms with van der Waals surface area (Å²) in [6.45, 7) is 11.6. The molecule has 0 atom stereocenters. The van der Waals surface area contributed by atoms with Crippen LogP contribution in [0.3, 0.4) is 0 Å². The quantitative estimate of drug-likeness (QED) is 0.710. The summed E-state index contributed by atoms with van der Waals surface area (Å²) in [6.07, 6.45) is 0. The van der Waals surface area contributed by atoms with Gasteiger partial charge in [-0.25, -0.2) is 0 Å². The number of hydrogen-bond donors (Lipinski definition) is 1. The maximum absolute atomic E-state index is 3.28. The fourth-order valence-electron chi connectivity index (χ4n) is 1.91. The monoisotopic (exact) mass is 215 g/mol. The lowest BCUT2D eigenvalue weighted by atomic mass is 9.90. The summed E-state index contributed by atoms with van der Waals surface area (Å²) in [7, 11) is 1.92. The van der Waals surface area contributed by atoms with E-state index in [-0.39, 0.29) is 0 Å². The molecule has 0 saturated heterocycles. The first-order valence-corrected chi connectivity index (χ1v) is 5.71. The van der Waals surface area contributed by atoms with Gasteiger partial charge in [0.1, 0.15) is 0 Å². The fraction of sp³-hybridized carbons (Fsp3) is 0.467. The predicted molar refractivity (Wildman–Crippen MR) is 70.9 cm³/mol. The van der Waals surface area contributed by atoms with E-state index in [4.69, 9.17) is 0 Å². The van der Waals surface area contributed by atoms with Crippen LogP contribution in [0.1, 0.15) is 33.4 Å². The topological polar surface area (TPSA) is 12.0 Å². The largest absolute Gasteiger partial charge is 0.309 e. The van der Waals surface area contributed by atoms with Gasteiger partial charge in [-0.05, 0) is 69.5 Å². The van der Waals surface area contributed by atoms with Crippen molar-refractivity contribution in [3.05, 3.63) is 33.4 Å². The second kappa shape index (κ2) is 5.18. The fourth-order valence-corrected chi connectivity index (χ4v) is 1.91. The van der Waals surface area contributed by atoms with Crippen LogP contribution in [-0.2, 0) is 0 Å². The Hall–Kier alpha value is -1.26. The molecule has 0 aromatic heterocycles. The van der Waals surface area contributed by atoms with Gasteiger partial charge >= 0.3 is 0 Å². The van der Waals surface area contributed by atoms with Gasteiger partial charge in [-0.3, -0.25) is 0 Å². The van der Waals surface area contributed by atoms with Crippen LogP contribution in [0.5, 0.6) is 0 Å². The average molecular weight is 215 g/mol. The SMILES string of the molecule is CNCC#Cc1c(C)c(C)c(C)c(C)c1C. The van der Waals surface area contributed by atoms with Crippen LogP contribution >= 0.6 is 0 Å². The van der Waals surface area contributed by atoms with Gasteiger partial charge < -0.3 is 5.32 Å². The third-order valence-electron chi connectivity index (χ3n) is 3.48. The first kappa shape index (κ1) is 12.8. The van der Waals surface area contributed by atoms with E-state index in [2.05, 4.69) is 51.8 Å². The highest BCUT2D eigenvalue weighted by atomic mass is 14.8. The molecule has 0 aliphatic carbocycles. The van der Waals surface area contributed by atoms with E-state index in [1.807, 2.05) is 7.05 Å². The summed E-state index contributed by atoms with van der Waals surface area (Å²) in [6, 6.07) is 0. The van der Waals surface area contributed by atoms with Crippen molar-refractivity contribution in [1.29, 1.82) is 0 Å². The van der Waals surface area contributed by atoms with Crippen molar-refractivity contribution >= 4 is 0 Å². The van der Waals surface area contributed by atoms with Crippen LogP contribution in [-0.4, -0.2) is 13.6 Å². The molecule has 1 N–H and O–H groups in total. The van der Waals surface area contributed by atoms with E-state index < -0.39 is 0 Å². The highest BCUT2D eigenvalue weighted by molar-refractivity contribution is 5.56. The average Bonchev–Trinajstić information content (AvgIpc) is 2.28. The van der Waals surface area contributed by atoms with Gasteiger partial charge in [0.25, 0.3) is 0 Å². The standard InChI is InChI=1S/C15H21N/c1-10-11(2)13(4)15(8-7-9-16-6)14(5)12(10)3/h16H,9H2,1-6H3. The molecule has 0 saturated carbocycles. The normalized spacial score (nSPS) is 9.88. The first-order valence-electron chi connectivity index (χ1n) is 5.71. The van der Waals surface area contributed by atoms with Gasteiger partial charge in [0.2, 0.25) is 0 Å². The smallest absolute Gasteiger partial charge is 0.0577 e. The molecule has 0 aliphatic rings. The molecular formula is C15H21N. The summed E-state index contributed by atoms with van der Waals surface area (Å²) in [5.74, 6) is 6.42. The van der Waals surface area contributed by atoms with Crippen LogP contribution in [0.25, 0.3) is 0 Å². The van der Waals surface area contributed by atoms with Gasteiger partial charge in [0.05, 0.1) is 6.54 Å². The van der Waals surface area contributed by atoms with Gasteiger partial charge in [-0.2, -0.15) is 0 Å². The van der Waals surface area contributed by atoms with Crippen LogP contribution in [0.15, 0.2) is 0 Å². The maximum atomic E-state index is 3.28. The highest BCUT2D eigenvalue weighted by Crippen LogP contribution is 2.25. The molecule has 1 heteroatoms. The number of hydrogen-bond acceptors (Lipinski definition) is 1. The Morgan fingerprint density at radius 3 is 1.69 bits per heavy atom. The number of benzene rings is 1. The Morgan fingerprint density at radius 1 is 0.812 bits per heavy atom. The van der Waals surface area contributed by atoms with Crippen molar-refractivity contribution in [2.45, 2.75) is 34.6 Å². The molecule has 1 aromatic carbocycles. The zero-order valence-electron chi connectivity index (χ0n) is 11.2. The van der Waals surface area contributed by atoms with Gasteiger partial charge in [-0.1, -0.05) is 11.8 Å². The van der Waals surface area contributed by atoms with E-state index in [0.717, 1.165) is 6.54 Å². The third-order valence-corrected chi connectivity index (χ3v) is 3.48. The van der Waals surface area contributed by atoms with Crippen LogP contribution in [0, 0.1) is 46.5 Å². The van der Waals surface area contributed by atoms with Crippen molar-refractivity contribution in [3.8, 4) is 11.8 Å². The second-order valence-electron chi connectivity index (χ2n) is 4.33. The third kappa shape index (κ3) is 2.28. The van der Waals surface area contributed by atoms with Crippen LogP contribution in [0.2, 0.25) is 0 Å². The number of rotatable bonds is 1. The van der Waals surface area contributed by atoms with E-state index in [9.17, 15) is 0 Å². The molecule has 0 bridgehead atoms. The number of nitrogens with one attached hydrogen (secondary N) is 1. The lowest BCUT2D eigenvalue weighted by Gasteiger charge is -2.15. The van der Waals surface area contributed by atoms with Crippen molar-refractivity contribution in [2.75, 3.05) is 13.6 Å². The van der Waals surface area contributed by atoms with Crippen molar-refractivity contribution in [3.63, 3.8) is 0 Å². The zero-order chi connectivity index (χ0) is 12.3. The molecule has 86 valence electrons. The van der Waals surface area contributed by atoms with Crippen molar-refractivity contribution in [2.24, 2.45) is 0 Å². The van der Waals surface area contributed by atoms with Crippen LogP contribution in [0.4, 0.5) is 0 Å². The molecule has 0 amide bonds. The Morgan fingerprint density at radius 2 is 1.25 bits per heavy atom. The lowest BCUT2D eigenvalue weighted by Crippen LogP contribution is -2.05. The molecule has 0 radical (unpaired) electrons. The van der Waals surface area contributed by atoms with E-state index >= 15 is 0 Å². The minimum Gasteiger partial charge on any atom is -0.309 e. The molecule has 0 aliphatic heterocycles. The highest BCUT2D eigenvalue weighted by Gasteiger charge is 2.09. The van der Waals surface area contributed by atoms with E-state index in [1.54, 1.807) is 0 Å². The van der Waals surface area contributed by atoms with Gasteiger partial charge in [0, 0.05) is 5.56 Å². The molecule has 0 heterocycles. The molecule has 16 heavy (non-hydrogen) atoms. The summed E-state index contributed by atoms with van der Waals surface area (Å²) in [5.41, 5.74) is 7.99. The van der Waals surface area contributed by atoms with Crippen molar-refractivity contribution in [1.82, 2.24) is 5.32 Å². The summed E-state index contributed by atoms with van der Waals surface area (Å²) in [4.78, 5) is 0. The van der Waals surface area contributed by atoms with E-state index in [1.165, 1.54) is 33.4 Å². The van der Waals surface area contributed by atoms with Crippen molar-refractivity contribution < 1.29 is 0 Å². The lowest BCUT2D eigenvalue weighted by molar-refractivity contribution is 0.938. The first-order chi connectivity index (χ1) is 7.50. The summed E-state index contributed by atoms with van der Waals surface area (Å²) in [5, 5.41) is 3.04. The second-order valence-corrected chi connectivity index (χ2v) is 4.33.